The third-order valence-corrected chi connectivity index (χ3v) is 4.91. The Morgan fingerprint density at radius 3 is 2.12 bits per heavy atom. The van der Waals surface area contributed by atoms with E-state index in [2.05, 4.69) is 9.97 Å². The third kappa shape index (κ3) is 3.89. The number of carbonyl (C=O) groups is 1. The van der Waals surface area contributed by atoms with E-state index in [9.17, 15) is 4.79 Å². The van der Waals surface area contributed by atoms with E-state index in [0.717, 1.165) is 16.2 Å². The largest absolute Gasteiger partial charge is 0.293 e. The van der Waals surface area contributed by atoms with Crippen LogP contribution in [0.1, 0.15) is 32.3 Å². The summed E-state index contributed by atoms with van der Waals surface area (Å²) in [5.74, 6) is 0.0782. The van der Waals surface area contributed by atoms with Crippen LogP contribution in [0, 0.1) is 13.8 Å². The van der Waals surface area contributed by atoms with E-state index in [1.807, 2.05) is 62.4 Å². The molecule has 0 aliphatic carbocycles. The van der Waals surface area contributed by atoms with Crippen LogP contribution in [0.4, 0.5) is 0 Å². The highest BCUT2D eigenvalue weighted by Crippen LogP contribution is 2.36. The number of carbonyl (C=O) groups excluding carboxylic acids is 1. The van der Waals surface area contributed by atoms with Crippen LogP contribution in [0.15, 0.2) is 72.1 Å². The summed E-state index contributed by atoms with van der Waals surface area (Å²) in [5.41, 5.74) is 3.99. The second kappa shape index (κ2) is 7.41. The van der Waals surface area contributed by atoms with Crippen molar-refractivity contribution in [1.82, 2.24) is 9.97 Å². The van der Waals surface area contributed by atoms with Crippen LogP contribution in [0.2, 0.25) is 0 Å². The Labute approximate surface area is 146 Å². The van der Waals surface area contributed by atoms with E-state index >= 15 is 0 Å². The predicted octanol–water partition coefficient (Wildman–Crippen LogP) is 4.81. The molecule has 0 saturated heterocycles. The molecule has 0 unspecified atom stereocenters. The zero-order valence-corrected chi connectivity index (χ0v) is 14.5. The molecule has 3 rings (SSSR count). The van der Waals surface area contributed by atoms with Gasteiger partial charge in [0.2, 0.25) is 0 Å². The molecule has 0 radical (unpaired) electrons. The van der Waals surface area contributed by atoms with Crippen molar-refractivity contribution in [1.29, 1.82) is 0 Å². The summed E-state index contributed by atoms with van der Waals surface area (Å²) in [5, 5.41) is 0.397. The van der Waals surface area contributed by atoms with Crippen molar-refractivity contribution in [3.8, 4) is 0 Å². The number of nitrogens with zero attached hydrogens (tertiary/aromatic N) is 2. The molecule has 1 heterocycles. The van der Waals surface area contributed by atoms with E-state index in [4.69, 9.17) is 0 Å². The predicted molar refractivity (Wildman–Crippen MR) is 97.3 cm³/mol. The number of hydrogen-bond donors (Lipinski definition) is 0. The van der Waals surface area contributed by atoms with Gasteiger partial charge >= 0.3 is 0 Å². The molecule has 0 bridgehead atoms. The molecule has 2 aromatic carbocycles. The van der Waals surface area contributed by atoms with Gasteiger partial charge in [-0.1, -0.05) is 71.4 Å². The molecule has 0 fully saturated rings. The molecule has 120 valence electrons. The maximum absolute atomic E-state index is 13.1. The average Bonchev–Trinajstić information content (AvgIpc) is 2.62. The number of benzene rings is 2. The molecule has 0 N–H and O–H groups in total. The summed E-state index contributed by atoms with van der Waals surface area (Å²) in [7, 11) is 0. The first-order chi connectivity index (χ1) is 11.6. The van der Waals surface area contributed by atoms with Crippen LogP contribution in [0.3, 0.4) is 0 Å². The number of ketones is 1. The fraction of sp³-hybridized carbons (Fsp3) is 0.150. The number of hydrogen-bond acceptors (Lipinski definition) is 4. The first kappa shape index (κ1) is 16.4. The minimum absolute atomic E-state index is 0.0782. The monoisotopic (exact) mass is 334 g/mol. The van der Waals surface area contributed by atoms with Gasteiger partial charge in [-0.2, -0.15) is 0 Å². The van der Waals surface area contributed by atoms with Gasteiger partial charge in [0.15, 0.2) is 5.78 Å². The maximum Gasteiger partial charge on any atom is 0.180 e. The van der Waals surface area contributed by atoms with Crippen LogP contribution < -0.4 is 0 Å². The van der Waals surface area contributed by atoms with Gasteiger partial charge < -0.3 is 0 Å². The Hall–Kier alpha value is -2.46. The van der Waals surface area contributed by atoms with E-state index in [-0.39, 0.29) is 11.0 Å². The first-order valence-electron chi connectivity index (χ1n) is 7.73. The Morgan fingerprint density at radius 1 is 0.917 bits per heavy atom. The van der Waals surface area contributed by atoms with Gasteiger partial charge in [0, 0.05) is 18.0 Å². The molecule has 0 aliphatic heterocycles. The molecule has 3 nitrogen and oxygen atoms in total. The lowest BCUT2D eigenvalue weighted by atomic mass is 10.0. The Kier molecular flexibility index (Phi) is 5.06. The first-order valence-corrected chi connectivity index (χ1v) is 8.61. The quantitative estimate of drug-likeness (QED) is 0.496. The molecule has 24 heavy (non-hydrogen) atoms. The molecular weight excluding hydrogens is 316 g/mol. The van der Waals surface area contributed by atoms with E-state index < -0.39 is 0 Å². The van der Waals surface area contributed by atoms with Gasteiger partial charge in [-0.3, -0.25) is 9.78 Å². The summed E-state index contributed by atoms with van der Waals surface area (Å²) < 4.78 is 0. The summed E-state index contributed by atoms with van der Waals surface area (Å²) >= 11 is 1.43. The van der Waals surface area contributed by atoms with Crippen LogP contribution in [0.5, 0.6) is 0 Å². The fourth-order valence-corrected chi connectivity index (χ4v) is 3.37. The number of Topliss-reactive ketones (excluding diaryl/α,β-unsaturated/α-hetero) is 1. The molecule has 0 aliphatic rings. The Balaban J connectivity index is 1.96. The van der Waals surface area contributed by atoms with Gasteiger partial charge in [0.1, 0.15) is 5.03 Å². The summed E-state index contributed by atoms with van der Waals surface area (Å²) in [4.78, 5) is 21.5. The molecular formula is C20H18N2OS. The normalized spacial score (nSPS) is 11.9. The maximum atomic E-state index is 13.1. The summed E-state index contributed by atoms with van der Waals surface area (Å²) in [6.07, 6.45) is 4.96. The van der Waals surface area contributed by atoms with Crippen LogP contribution in [0.25, 0.3) is 0 Å². The molecule has 0 spiro atoms. The molecule has 1 aromatic heterocycles. The van der Waals surface area contributed by atoms with Crippen LogP contribution in [-0.2, 0) is 0 Å². The molecule has 0 saturated carbocycles. The lowest BCUT2D eigenvalue weighted by Crippen LogP contribution is -2.10. The van der Waals surface area contributed by atoms with Gasteiger partial charge in [-0.15, -0.1) is 0 Å². The standard InChI is InChI=1S/C20H18N2OS/c1-14-3-7-16(8-4-14)19(23)20(17-9-5-15(2)6-10-17)24-18-13-21-11-12-22-18/h3-13,20H,1-2H3/t20-/m0/s1. The Morgan fingerprint density at radius 2 is 1.54 bits per heavy atom. The van der Waals surface area contributed by atoms with Gasteiger partial charge in [0.25, 0.3) is 0 Å². The average molecular weight is 334 g/mol. The number of aromatic nitrogens is 2. The molecule has 0 amide bonds. The number of aryl methyl sites for hydroxylation is 2. The zero-order valence-electron chi connectivity index (χ0n) is 13.6. The van der Waals surface area contributed by atoms with Gasteiger partial charge in [-0.05, 0) is 19.4 Å². The third-order valence-electron chi connectivity index (χ3n) is 3.73. The molecule has 3 aromatic rings. The smallest absolute Gasteiger partial charge is 0.180 e. The van der Waals surface area contributed by atoms with Crippen molar-refractivity contribution in [2.24, 2.45) is 0 Å². The van der Waals surface area contributed by atoms with Crippen molar-refractivity contribution >= 4 is 17.5 Å². The highest BCUT2D eigenvalue weighted by Gasteiger charge is 2.24. The van der Waals surface area contributed by atoms with E-state index in [1.54, 1.807) is 18.6 Å². The summed E-state index contributed by atoms with van der Waals surface area (Å²) in [6, 6.07) is 15.8. The van der Waals surface area contributed by atoms with Crippen molar-refractivity contribution in [3.05, 3.63) is 89.4 Å². The molecule has 4 heteroatoms. The minimum atomic E-state index is -0.343. The highest BCUT2D eigenvalue weighted by atomic mass is 32.2. The van der Waals surface area contributed by atoms with Crippen molar-refractivity contribution < 1.29 is 4.79 Å². The van der Waals surface area contributed by atoms with Gasteiger partial charge in [0.05, 0.1) is 11.4 Å². The second-order valence-corrected chi connectivity index (χ2v) is 6.81. The van der Waals surface area contributed by atoms with Crippen molar-refractivity contribution in [3.63, 3.8) is 0 Å². The highest BCUT2D eigenvalue weighted by molar-refractivity contribution is 8.00. The van der Waals surface area contributed by atoms with Crippen LogP contribution >= 0.6 is 11.8 Å². The van der Waals surface area contributed by atoms with Crippen molar-refractivity contribution in [2.75, 3.05) is 0 Å². The van der Waals surface area contributed by atoms with Crippen molar-refractivity contribution in [2.45, 2.75) is 24.1 Å². The topological polar surface area (TPSA) is 42.9 Å². The van der Waals surface area contributed by atoms with E-state index in [0.29, 0.717) is 5.56 Å². The summed E-state index contributed by atoms with van der Waals surface area (Å²) in [6.45, 7) is 4.05. The fourth-order valence-electron chi connectivity index (χ4n) is 2.35. The number of rotatable bonds is 5. The minimum Gasteiger partial charge on any atom is -0.293 e. The second-order valence-electron chi connectivity index (χ2n) is 5.68. The van der Waals surface area contributed by atoms with Gasteiger partial charge in [-0.25, -0.2) is 4.98 Å². The lowest BCUT2D eigenvalue weighted by molar-refractivity contribution is 0.0989. The number of thioether (sulfide) groups is 1. The molecule has 1 atom stereocenters. The lowest BCUT2D eigenvalue weighted by Gasteiger charge is -2.16. The van der Waals surface area contributed by atoms with Crippen LogP contribution in [-0.4, -0.2) is 15.8 Å². The Bertz CT molecular complexity index is 815. The zero-order chi connectivity index (χ0) is 16.9. The SMILES string of the molecule is Cc1ccc(C(=O)[C@@H](Sc2cnccn2)c2ccc(C)cc2)cc1. The van der Waals surface area contributed by atoms with E-state index in [1.165, 1.54) is 17.3 Å².